The summed E-state index contributed by atoms with van der Waals surface area (Å²) in [5.74, 6) is 3.16. The molecule has 2 fully saturated rings. The molecular weight excluding hydrogens is 320 g/mol. The SMILES string of the molecule is CCN1CCCC(CNC(=NC)N2CCC(c3ccccc3)C(C)C2)C1. The third-order valence-electron chi connectivity index (χ3n) is 6.24. The van der Waals surface area contributed by atoms with Crippen molar-refractivity contribution < 1.29 is 0 Å². The Hall–Kier alpha value is -1.55. The van der Waals surface area contributed by atoms with Gasteiger partial charge in [0.1, 0.15) is 0 Å². The standard InChI is InChI=1S/C22H36N4/c1-4-25-13-8-9-19(17-25)15-24-22(23-3)26-14-12-21(18(2)16-26)20-10-6-5-7-11-20/h5-7,10-11,18-19,21H,4,8-9,12-17H2,1-3H3,(H,23,24). The van der Waals surface area contributed by atoms with Crippen molar-refractivity contribution in [3.63, 3.8) is 0 Å². The molecule has 0 amide bonds. The van der Waals surface area contributed by atoms with Gasteiger partial charge in [0.25, 0.3) is 0 Å². The van der Waals surface area contributed by atoms with Crippen molar-refractivity contribution in [2.75, 3.05) is 46.3 Å². The number of piperidine rings is 2. The highest BCUT2D eigenvalue weighted by Crippen LogP contribution is 2.32. The van der Waals surface area contributed by atoms with Crippen molar-refractivity contribution in [2.24, 2.45) is 16.8 Å². The number of nitrogens with one attached hydrogen (secondary N) is 1. The summed E-state index contributed by atoms with van der Waals surface area (Å²) in [7, 11) is 1.93. The molecule has 2 saturated heterocycles. The second-order valence-electron chi connectivity index (χ2n) is 8.06. The summed E-state index contributed by atoms with van der Waals surface area (Å²) in [5.41, 5.74) is 1.49. The fourth-order valence-corrected chi connectivity index (χ4v) is 4.71. The Labute approximate surface area is 159 Å². The number of guanidine groups is 1. The highest BCUT2D eigenvalue weighted by molar-refractivity contribution is 5.80. The Morgan fingerprint density at radius 1 is 1.15 bits per heavy atom. The predicted octanol–water partition coefficient (Wildman–Crippen LogP) is 3.42. The maximum atomic E-state index is 4.59. The molecule has 0 aliphatic carbocycles. The van der Waals surface area contributed by atoms with Crippen LogP contribution in [0.15, 0.2) is 35.3 Å². The van der Waals surface area contributed by atoms with Crippen molar-refractivity contribution in [1.29, 1.82) is 0 Å². The number of rotatable bonds is 4. The monoisotopic (exact) mass is 356 g/mol. The van der Waals surface area contributed by atoms with Crippen molar-refractivity contribution in [2.45, 2.75) is 39.0 Å². The first-order valence-electron chi connectivity index (χ1n) is 10.4. The second kappa shape index (κ2) is 9.40. The molecule has 1 N–H and O–H groups in total. The molecular formula is C22H36N4. The lowest BCUT2D eigenvalue weighted by Crippen LogP contribution is -2.50. The van der Waals surface area contributed by atoms with E-state index in [4.69, 9.17) is 0 Å². The van der Waals surface area contributed by atoms with Gasteiger partial charge in [-0.3, -0.25) is 4.99 Å². The van der Waals surface area contributed by atoms with Gasteiger partial charge in [-0.15, -0.1) is 0 Å². The molecule has 26 heavy (non-hydrogen) atoms. The average Bonchev–Trinajstić information content (AvgIpc) is 2.69. The minimum absolute atomic E-state index is 0.648. The Balaban J connectivity index is 1.52. The minimum Gasteiger partial charge on any atom is -0.356 e. The van der Waals surface area contributed by atoms with Crippen molar-refractivity contribution >= 4 is 5.96 Å². The molecule has 1 aromatic rings. The summed E-state index contributed by atoms with van der Waals surface area (Å²) in [4.78, 5) is 9.62. The molecule has 0 radical (unpaired) electrons. The minimum atomic E-state index is 0.648. The molecule has 2 heterocycles. The van der Waals surface area contributed by atoms with Crippen LogP contribution in [-0.2, 0) is 0 Å². The van der Waals surface area contributed by atoms with Gasteiger partial charge in [-0.05, 0) is 55.7 Å². The molecule has 4 nitrogen and oxygen atoms in total. The lowest BCUT2D eigenvalue weighted by molar-refractivity contribution is 0.181. The van der Waals surface area contributed by atoms with Crippen molar-refractivity contribution in [3.05, 3.63) is 35.9 Å². The third-order valence-corrected chi connectivity index (χ3v) is 6.24. The average molecular weight is 357 g/mol. The van der Waals surface area contributed by atoms with Crippen molar-refractivity contribution in [3.8, 4) is 0 Å². The highest BCUT2D eigenvalue weighted by Gasteiger charge is 2.29. The zero-order chi connectivity index (χ0) is 18.4. The van der Waals surface area contributed by atoms with E-state index in [9.17, 15) is 0 Å². The molecule has 0 spiro atoms. The molecule has 144 valence electrons. The maximum Gasteiger partial charge on any atom is 0.193 e. The molecule has 0 aromatic heterocycles. The fourth-order valence-electron chi connectivity index (χ4n) is 4.71. The van der Waals surface area contributed by atoms with Crippen LogP contribution < -0.4 is 5.32 Å². The highest BCUT2D eigenvalue weighted by atomic mass is 15.3. The summed E-state index contributed by atoms with van der Waals surface area (Å²) >= 11 is 0. The van der Waals surface area contributed by atoms with Crippen LogP contribution in [0.3, 0.4) is 0 Å². The van der Waals surface area contributed by atoms with Crippen LogP contribution in [0.5, 0.6) is 0 Å². The van der Waals surface area contributed by atoms with Crippen LogP contribution in [0.2, 0.25) is 0 Å². The first-order chi connectivity index (χ1) is 12.7. The van der Waals surface area contributed by atoms with Crippen LogP contribution in [0.1, 0.15) is 44.6 Å². The molecule has 0 bridgehead atoms. The topological polar surface area (TPSA) is 30.9 Å². The quantitative estimate of drug-likeness (QED) is 0.662. The van der Waals surface area contributed by atoms with E-state index < -0.39 is 0 Å². The van der Waals surface area contributed by atoms with Gasteiger partial charge in [0.05, 0.1) is 0 Å². The van der Waals surface area contributed by atoms with E-state index in [1.54, 1.807) is 0 Å². The van der Waals surface area contributed by atoms with Gasteiger partial charge < -0.3 is 15.1 Å². The van der Waals surface area contributed by atoms with Gasteiger partial charge >= 0.3 is 0 Å². The molecule has 3 rings (SSSR count). The van der Waals surface area contributed by atoms with E-state index in [0.29, 0.717) is 11.8 Å². The number of hydrogen-bond acceptors (Lipinski definition) is 2. The Bertz CT molecular complexity index is 571. The van der Waals surface area contributed by atoms with E-state index in [1.165, 1.54) is 44.5 Å². The molecule has 3 unspecified atom stereocenters. The summed E-state index contributed by atoms with van der Waals surface area (Å²) in [5, 5.41) is 3.68. The molecule has 1 aromatic carbocycles. The van der Waals surface area contributed by atoms with Gasteiger partial charge in [0, 0.05) is 33.2 Å². The van der Waals surface area contributed by atoms with Crippen LogP contribution in [0.25, 0.3) is 0 Å². The van der Waals surface area contributed by atoms with Crippen LogP contribution in [-0.4, -0.2) is 62.1 Å². The van der Waals surface area contributed by atoms with Gasteiger partial charge in [-0.1, -0.05) is 44.2 Å². The molecule has 2 aliphatic heterocycles. The normalized spacial score (nSPS) is 28.2. The second-order valence-corrected chi connectivity index (χ2v) is 8.06. The first kappa shape index (κ1) is 19.2. The largest absolute Gasteiger partial charge is 0.356 e. The summed E-state index contributed by atoms with van der Waals surface area (Å²) in [6, 6.07) is 11.0. The number of hydrogen-bond donors (Lipinski definition) is 1. The Morgan fingerprint density at radius 3 is 2.65 bits per heavy atom. The fraction of sp³-hybridized carbons (Fsp3) is 0.682. The maximum absolute atomic E-state index is 4.59. The predicted molar refractivity (Wildman–Crippen MR) is 111 cm³/mol. The summed E-state index contributed by atoms with van der Waals surface area (Å²) in [6.45, 7) is 11.6. The van der Waals surface area contributed by atoms with Crippen LogP contribution >= 0.6 is 0 Å². The smallest absolute Gasteiger partial charge is 0.193 e. The molecule has 2 aliphatic rings. The van der Waals surface area contributed by atoms with Gasteiger partial charge in [0.15, 0.2) is 5.96 Å². The summed E-state index contributed by atoms with van der Waals surface area (Å²) in [6.07, 6.45) is 3.88. The van der Waals surface area contributed by atoms with Gasteiger partial charge in [0.2, 0.25) is 0 Å². The van der Waals surface area contributed by atoms with E-state index in [1.807, 2.05) is 7.05 Å². The lowest BCUT2D eigenvalue weighted by Gasteiger charge is -2.39. The molecule has 3 atom stereocenters. The lowest BCUT2D eigenvalue weighted by atomic mass is 9.82. The third kappa shape index (κ3) is 4.79. The van der Waals surface area contributed by atoms with E-state index in [0.717, 1.165) is 31.5 Å². The zero-order valence-electron chi connectivity index (χ0n) is 16.8. The van der Waals surface area contributed by atoms with Crippen LogP contribution in [0.4, 0.5) is 0 Å². The number of nitrogens with zero attached hydrogens (tertiary/aromatic N) is 3. The number of benzene rings is 1. The Morgan fingerprint density at radius 2 is 1.96 bits per heavy atom. The van der Waals surface area contributed by atoms with Gasteiger partial charge in [-0.25, -0.2) is 0 Å². The molecule has 0 saturated carbocycles. The van der Waals surface area contributed by atoms with E-state index in [-0.39, 0.29) is 0 Å². The first-order valence-corrected chi connectivity index (χ1v) is 10.4. The summed E-state index contributed by atoms with van der Waals surface area (Å²) < 4.78 is 0. The Kier molecular flexibility index (Phi) is 6.95. The van der Waals surface area contributed by atoms with Crippen molar-refractivity contribution in [1.82, 2.24) is 15.1 Å². The van der Waals surface area contributed by atoms with Gasteiger partial charge in [-0.2, -0.15) is 0 Å². The molecule has 4 heteroatoms. The van der Waals surface area contributed by atoms with E-state index >= 15 is 0 Å². The van der Waals surface area contributed by atoms with Crippen LogP contribution in [0, 0.1) is 11.8 Å². The van der Waals surface area contributed by atoms with E-state index in [2.05, 4.69) is 64.3 Å². The number of likely N-dealkylation sites (tertiary alicyclic amines) is 2. The number of aliphatic imine (C=N–C) groups is 1. The zero-order valence-corrected chi connectivity index (χ0v) is 16.8.